The molecule has 3 rings (SSSR count). The summed E-state index contributed by atoms with van der Waals surface area (Å²) in [6.45, 7) is 18.5. The normalized spacial score (nSPS) is 22.4. The van der Waals surface area contributed by atoms with E-state index < -0.39 is 8.32 Å². The number of ether oxygens (including phenoxy) is 1. The van der Waals surface area contributed by atoms with Crippen LogP contribution in [0.15, 0.2) is 30.5 Å². The van der Waals surface area contributed by atoms with E-state index in [0.29, 0.717) is 29.2 Å². The molecule has 1 aromatic carbocycles. The number of unbranched alkanes of at least 4 members (excludes halogenated alkanes) is 2. The highest BCUT2D eigenvalue weighted by Crippen LogP contribution is 2.49. The largest absolute Gasteiger partial charge is 0.462 e. The van der Waals surface area contributed by atoms with Gasteiger partial charge in [0.2, 0.25) is 0 Å². The average Bonchev–Trinajstić information content (AvgIpc) is 3.47. The summed E-state index contributed by atoms with van der Waals surface area (Å²) in [5.41, 5.74) is 2.72. The first-order valence-corrected chi connectivity index (χ1v) is 19.6. The van der Waals surface area contributed by atoms with E-state index >= 15 is 0 Å². The van der Waals surface area contributed by atoms with Gasteiger partial charge in [0.05, 0.1) is 23.9 Å². The lowest BCUT2D eigenvalue weighted by Gasteiger charge is -2.39. The lowest BCUT2D eigenvalue weighted by molar-refractivity contribution is 0.0532. The van der Waals surface area contributed by atoms with Crippen molar-refractivity contribution in [2.24, 2.45) is 11.8 Å². The fourth-order valence-electron chi connectivity index (χ4n) is 5.81. The summed E-state index contributed by atoms with van der Waals surface area (Å²) in [4.78, 5) is 17.0. The number of hydrogen-bond acceptors (Lipinski definition) is 5. The topological polar surface area (TPSA) is 48.4 Å². The van der Waals surface area contributed by atoms with Crippen LogP contribution < -0.4 is 0 Å². The minimum Gasteiger partial charge on any atom is -0.462 e. The number of aromatic nitrogens is 1. The van der Waals surface area contributed by atoms with E-state index in [1.54, 1.807) is 6.20 Å². The van der Waals surface area contributed by atoms with Crippen LogP contribution in [0.25, 0.3) is 0 Å². The van der Waals surface area contributed by atoms with E-state index in [4.69, 9.17) is 20.8 Å². The number of hydrogen-bond donors (Lipinski definition) is 0. The molecule has 4 nitrogen and oxygen atoms in total. The highest BCUT2D eigenvalue weighted by Gasteiger charge is 2.41. The van der Waals surface area contributed by atoms with Gasteiger partial charge >= 0.3 is 5.97 Å². The lowest BCUT2D eigenvalue weighted by Crippen LogP contribution is -2.41. The molecule has 1 fully saturated rings. The third-order valence-electron chi connectivity index (χ3n) is 9.10. The maximum atomic E-state index is 12.0. The van der Waals surface area contributed by atoms with Crippen molar-refractivity contribution in [3.05, 3.63) is 51.5 Å². The van der Waals surface area contributed by atoms with Crippen molar-refractivity contribution in [1.82, 2.24) is 4.98 Å². The summed E-state index contributed by atoms with van der Waals surface area (Å²) in [7, 11) is -1.88. The Bertz CT molecular complexity index is 1060. The molecule has 0 radical (unpaired) electrons. The molecule has 7 heteroatoms. The number of carbonyl (C=O) groups is 1. The molecule has 2 aromatic rings. The zero-order valence-electron chi connectivity index (χ0n) is 26.1. The summed E-state index contributed by atoms with van der Waals surface area (Å²) in [5, 5.41) is 1.38. The van der Waals surface area contributed by atoms with Crippen LogP contribution in [0, 0.1) is 11.8 Å². The monoisotopic (exact) mass is 605 g/mol. The van der Waals surface area contributed by atoms with E-state index in [-0.39, 0.29) is 22.5 Å². The highest BCUT2D eigenvalue weighted by molar-refractivity contribution is 7.13. The number of nitrogens with zero attached hydrogens (tertiary/aromatic N) is 1. The highest BCUT2D eigenvalue weighted by atomic mass is 35.5. The minimum atomic E-state index is -1.88. The number of aryl methyl sites for hydroxylation is 1. The SMILES string of the molecule is CCCCCC(O[Si](C)(C)C(C)(C)C)c1ccc(C2[C@H](C)C[C@@H](Cl)[C@@H]2CCCc2ncc(C(=O)OCC)s2)cc1. The van der Waals surface area contributed by atoms with Gasteiger partial charge in [-0.15, -0.1) is 22.9 Å². The molecule has 1 aromatic heterocycles. The molecule has 1 aliphatic carbocycles. The molecule has 1 saturated carbocycles. The smallest absolute Gasteiger partial charge is 0.349 e. The zero-order chi connectivity index (χ0) is 29.5. The van der Waals surface area contributed by atoms with Crippen molar-refractivity contribution >= 4 is 37.2 Å². The predicted octanol–water partition coefficient (Wildman–Crippen LogP) is 10.3. The van der Waals surface area contributed by atoms with Gasteiger partial charge in [-0.3, -0.25) is 0 Å². The lowest BCUT2D eigenvalue weighted by atomic mass is 9.81. The van der Waals surface area contributed by atoms with Crippen molar-refractivity contribution in [2.45, 2.75) is 128 Å². The van der Waals surface area contributed by atoms with Gasteiger partial charge in [-0.05, 0) is 86.0 Å². The van der Waals surface area contributed by atoms with Crippen molar-refractivity contribution in [1.29, 1.82) is 0 Å². The number of rotatable bonds is 14. The Balaban J connectivity index is 1.69. The van der Waals surface area contributed by atoms with E-state index in [9.17, 15) is 4.79 Å². The summed E-state index contributed by atoms with van der Waals surface area (Å²) >= 11 is 8.41. The first kappa shape index (κ1) is 33.3. The first-order valence-electron chi connectivity index (χ1n) is 15.4. The Morgan fingerprint density at radius 3 is 2.48 bits per heavy atom. The van der Waals surface area contributed by atoms with Crippen molar-refractivity contribution < 1.29 is 14.0 Å². The summed E-state index contributed by atoms with van der Waals surface area (Å²) < 4.78 is 12.1. The van der Waals surface area contributed by atoms with Gasteiger partial charge in [-0.25, -0.2) is 9.78 Å². The maximum absolute atomic E-state index is 12.0. The number of benzene rings is 1. The Hall–Kier alpha value is -1.21. The molecule has 0 saturated heterocycles. The second kappa shape index (κ2) is 14.8. The average molecular weight is 606 g/mol. The molecule has 1 heterocycles. The van der Waals surface area contributed by atoms with E-state index in [0.717, 1.165) is 37.1 Å². The van der Waals surface area contributed by atoms with Gasteiger partial charge in [-0.1, -0.05) is 78.1 Å². The van der Waals surface area contributed by atoms with Crippen LogP contribution in [-0.2, 0) is 15.6 Å². The molecule has 2 unspecified atom stereocenters. The molecule has 224 valence electrons. The molecular formula is C33H52ClNO3SSi. The number of esters is 1. The van der Waals surface area contributed by atoms with Crippen molar-refractivity contribution in [2.75, 3.05) is 6.61 Å². The molecule has 40 heavy (non-hydrogen) atoms. The number of alkyl halides is 1. The van der Waals surface area contributed by atoms with E-state index in [2.05, 4.69) is 77.0 Å². The van der Waals surface area contributed by atoms with Crippen molar-refractivity contribution in [3.8, 4) is 0 Å². The number of carbonyl (C=O) groups excluding carboxylic acids is 1. The Labute approximate surface area is 253 Å². The third-order valence-corrected chi connectivity index (χ3v) is 15.1. The number of thiazole rings is 1. The molecular weight excluding hydrogens is 554 g/mol. The van der Waals surface area contributed by atoms with Crippen LogP contribution in [-0.4, -0.2) is 31.3 Å². The van der Waals surface area contributed by atoms with Gasteiger partial charge in [0.15, 0.2) is 8.32 Å². The predicted molar refractivity (Wildman–Crippen MR) is 172 cm³/mol. The number of halogens is 1. The molecule has 1 aliphatic rings. The van der Waals surface area contributed by atoms with Gasteiger partial charge in [0, 0.05) is 5.38 Å². The fraction of sp³-hybridized carbons (Fsp3) is 0.697. The standard InChI is InChI=1S/C33H52ClNO3SSi/c1-9-11-12-15-28(38-40(7,8)33(4,5)6)24-17-19-25(20-18-24)31-23(3)21-27(34)26(31)14-13-16-30-35-22-29(39-30)32(36)37-10-2/h17-20,22-23,26-28,31H,9-16,21H2,1-8H3/t23-,26+,27-,28?,31?/m1/s1. The van der Waals surface area contributed by atoms with Gasteiger partial charge in [-0.2, -0.15) is 0 Å². The molecule has 0 aliphatic heterocycles. The van der Waals surface area contributed by atoms with E-state index in [1.807, 2.05) is 6.92 Å². The van der Waals surface area contributed by atoms with Gasteiger partial charge in [0.1, 0.15) is 4.88 Å². The zero-order valence-corrected chi connectivity index (χ0v) is 28.7. The second-order valence-electron chi connectivity index (χ2n) is 13.2. The Morgan fingerprint density at radius 2 is 1.85 bits per heavy atom. The molecule has 5 atom stereocenters. The third kappa shape index (κ3) is 8.65. The van der Waals surface area contributed by atoms with Gasteiger partial charge < -0.3 is 9.16 Å². The van der Waals surface area contributed by atoms with Crippen LogP contribution in [0.4, 0.5) is 0 Å². The van der Waals surface area contributed by atoms with Crippen LogP contribution >= 0.6 is 22.9 Å². The quantitative estimate of drug-likeness (QED) is 0.0930. The van der Waals surface area contributed by atoms with Crippen LogP contribution in [0.5, 0.6) is 0 Å². The van der Waals surface area contributed by atoms with Crippen LogP contribution in [0.2, 0.25) is 18.1 Å². The molecule has 0 spiro atoms. The summed E-state index contributed by atoms with van der Waals surface area (Å²) in [6, 6.07) is 9.37. The molecule has 0 amide bonds. The van der Waals surface area contributed by atoms with E-state index in [1.165, 1.54) is 41.7 Å². The van der Waals surface area contributed by atoms with Crippen molar-refractivity contribution in [3.63, 3.8) is 0 Å². The van der Waals surface area contributed by atoms with Crippen LogP contribution in [0.1, 0.15) is 124 Å². The van der Waals surface area contributed by atoms with Gasteiger partial charge in [0.25, 0.3) is 0 Å². The first-order chi connectivity index (χ1) is 18.9. The Kier molecular flexibility index (Phi) is 12.3. The Morgan fingerprint density at radius 1 is 1.15 bits per heavy atom. The van der Waals surface area contributed by atoms with Crippen LogP contribution in [0.3, 0.4) is 0 Å². The second-order valence-corrected chi connectivity index (χ2v) is 19.6. The summed E-state index contributed by atoms with van der Waals surface area (Å²) in [5.74, 6) is 1.18. The maximum Gasteiger partial charge on any atom is 0.349 e. The molecule has 0 N–H and O–H groups in total. The molecule has 0 bridgehead atoms. The minimum absolute atomic E-state index is 0.164. The fourth-order valence-corrected chi connectivity index (χ4v) is 8.55. The summed E-state index contributed by atoms with van der Waals surface area (Å²) in [6.07, 6.45) is 10.6.